The fourth-order valence-electron chi connectivity index (χ4n) is 0.937. The summed E-state index contributed by atoms with van der Waals surface area (Å²) < 4.78 is 13.1. The van der Waals surface area contributed by atoms with Crippen LogP contribution in [0.1, 0.15) is 6.42 Å². The second-order valence-electron chi connectivity index (χ2n) is 2.71. The highest BCUT2D eigenvalue weighted by Crippen LogP contribution is 2.19. The number of nitrogens with two attached hydrogens (primary N) is 1. The fraction of sp³-hybridized carbons (Fsp3) is 0.222. The molecule has 0 fully saturated rings. The molecule has 0 saturated heterocycles. The van der Waals surface area contributed by atoms with Gasteiger partial charge in [0.1, 0.15) is 5.82 Å². The Morgan fingerprint density at radius 1 is 1.57 bits per heavy atom. The second kappa shape index (κ2) is 4.93. The minimum Gasteiger partial charge on any atom is -0.330 e. The van der Waals surface area contributed by atoms with Crippen LogP contribution in [0.3, 0.4) is 0 Å². The molecule has 1 aromatic rings. The molecule has 76 valence electrons. The van der Waals surface area contributed by atoms with Crippen molar-refractivity contribution in [1.82, 2.24) is 0 Å². The standard InChI is InChI=1S/C9H10ClFN2O/c10-6-1-2-7(11)8(5-6)13-9(14)3-4-12/h1-2,5H,3-4,12H2,(H,13,14). The van der Waals surface area contributed by atoms with Crippen molar-refractivity contribution in [1.29, 1.82) is 0 Å². The van der Waals surface area contributed by atoms with Gasteiger partial charge >= 0.3 is 0 Å². The summed E-state index contributed by atoms with van der Waals surface area (Å²) in [6, 6.07) is 3.96. The third kappa shape index (κ3) is 2.97. The lowest BCUT2D eigenvalue weighted by molar-refractivity contribution is -0.116. The minimum absolute atomic E-state index is 0.0796. The van der Waals surface area contributed by atoms with Gasteiger partial charge in [0.25, 0.3) is 0 Å². The number of hydrogen-bond acceptors (Lipinski definition) is 2. The van der Waals surface area contributed by atoms with Crippen molar-refractivity contribution in [3.8, 4) is 0 Å². The zero-order valence-electron chi connectivity index (χ0n) is 7.39. The monoisotopic (exact) mass is 216 g/mol. The highest BCUT2D eigenvalue weighted by molar-refractivity contribution is 6.30. The van der Waals surface area contributed by atoms with E-state index in [2.05, 4.69) is 5.32 Å². The van der Waals surface area contributed by atoms with Crippen LogP contribution in [0.2, 0.25) is 5.02 Å². The molecule has 0 radical (unpaired) electrons. The average molecular weight is 217 g/mol. The molecule has 0 aromatic heterocycles. The van der Waals surface area contributed by atoms with Crippen LogP contribution < -0.4 is 11.1 Å². The minimum atomic E-state index is -0.514. The lowest BCUT2D eigenvalue weighted by atomic mass is 10.3. The van der Waals surface area contributed by atoms with Gasteiger partial charge in [-0.05, 0) is 18.2 Å². The van der Waals surface area contributed by atoms with E-state index in [0.29, 0.717) is 5.02 Å². The predicted molar refractivity (Wildman–Crippen MR) is 53.7 cm³/mol. The van der Waals surface area contributed by atoms with Crippen molar-refractivity contribution < 1.29 is 9.18 Å². The number of carbonyl (C=O) groups is 1. The molecule has 1 amide bonds. The molecule has 0 atom stereocenters. The summed E-state index contributed by atoms with van der Waals surface area (Å²) in [5.74, 6) is -0.839. The quantitative estimate of drug-likeness (QED) is 0.809. The second-order valence-corrected chi connectivity index (χ2v) is 3.15. The lowest BCUT2D eigenvalue weighted by Crippen LogP contribution is -2.16. The van der Waals surface area contributed by atoms with Crippen molar-refractivity contribution in [2.24, 2.45) is 5.73 Å². The molecule has 0 bridgehead atoms. The molecule has 0 aliphatic rings. The first-order chi connectivity index (χ1) is 6.63. The SMILES string of the molecule is NCCC(=O)Nc1cc(Cl)ccc1F. The molecule has 14 heavy (non-hydrogen) atoms. The van der Waals surface area contributed by atoms with Crippen LogP contribution in [0.25, 0.3) is 0 Å². The Morgan fingerprint density at radius 3 is 2.93 bits per heavy atom. The summed E-state index contributed by atoms with van der Waals surface area (Å²) in [4.78, 5) is 11.1. The lowest BCUT2D eigenvalue weighted by Gasteiger charge is -2.05. The molecule has 0 saturated carbocycles. The van der Waals surface area contributed by atoms with E-state index in [0.717, 1.165) is 0 Å². The van der Waals surface area contributed by atoms with E-state index in [1.165, 1.54) is 18.2 Å². The van der Waals surface area contributed by atoms with E-state index >= 15 is 0 Å². The Kier molecular flexibility index (Phi) is 3.85. The first-order valence-electron chi connectivity index (χ1n) is 4.08. The van der Waals surface area contributed by atoms with E-state index in [9.17, 15) is 9.18 Å². The van der Waals surface area contributed by atoms with Gasteiger partial charge in [0.05, 0.1) is 5.69 Å². The highest BCUT2D eigenvalue weighted by atomic mass is 35.5. The Bertz CT molecular complexity index is 344. The molecule has 0 unspecified atom stereocenters. The van der Waals surface area contributed by atoms with Gasteiger partial charge < -0.3 is 11.1 Å². The van der Waals surface area contributed by atoms with Crippen LogP contribution in [0, 0.1) is 5.82 Å². The summed E-state index contributed by atoms with van der Waals surface area (Å²) in [6.45, 7) is 0.230. The van der Waals surface area contributed by atoms with Crippen LogP contribution in [-0.4, -0.2) is 12.5 Å². The molecular formula is C9H10ClFN2O. The summed E-state index contributed by atoms with van der Waals surface area (Å²) in [5.41, 5.74) is 5.25. The number of anilines is 1. The third-order valence-corrected chi connectivity index (χ3v) is 1.81. The van der Waals surface area contributed by atoms with Crippen LogP contribution in [0.4, 0.5) is 10.1 Å². The van der Waals surface area contributed by atoms with Crippen molar-refractivity contribution in [3.05, 3.63) is 29.0 Å². The fourth-order valence-corrected chi connectivity index (χ4v) is 1.11. The molecule has 3 nitrogen and oxygen atoms in total. The van der Waals surface area contributed by atoms with E-state index < -0.39 is 5.82 Å². The number of nitrogens with one attached hydrogen (secondary N) is 1. The predicted octanol–water partition coefficient (Wildman–Crippen LogP) is 1.77. The van der Waals surface area contributed by atoms with Gasteiger partial charge in [-0.1, -0.05) is 11.6 Å². The molecule has 1 rings (SSSR count). The zero-order chi connectivity index (χ0) is 10.6. The molecule has 0 aliphatic carbocycles. The number of halogens is 2. The summed E-state index contributed by atoms with van der Waals surface area (Å²) in [5, 5.41) is 2.74. The van der Waals surface area contributed by atoms with Gasteiger partial charge in [-0.3, -0.25) is 4.79 Å². The molecule has 0 heterocycles. The molecular weight excluding hydrogens is 207 g/mol. The smallest absolute Gasteiger partial charge is 0.225 e. The maximum Gasteiger partial charge on any atom is 0.225 e. The highest BCUT2D eigenvalue weighted by Gasteiger charge is 2.06. The van der Waals surface area contributed by atoms with Crippen LogP contribution >= 0.6 is 11.6 Å². The maximum atomic E-state index is 13.1. The Labute approximate surface area is 86.0 Å². The van der Waals surface area contributed by atoms with Crippen molar-refractivity contribution in [2.75, 3.05) is 11.9 Å². The molecule has 1 aromatic carbocycles. The van der Waals surface area contributed by atoms with Gasteiger partial charge in [0.15, 0.2) is 0 Å². The van der Waals surface area contributed by atoms with E-state index in [-0.39, 0.29) is 24.6 Å². The number of benzene rings is 1. The van der Waals surface area contributed by atoms with E-state index in [1.807, 2.05) is 0 Å². The van der Waals surface area contributed by atoms with Crippen molar-refractivity contribution in [3.63, 3.8) is 0 Å². The van der Waals surface area contributed by atoms with Gasteiger partial charge in [-0.15, -0.1) is 0 Å². The molecule has 5 heteroatoms. The third-order valence-electron chi connectivity index (χ3n) is 1.57. The Morgan fingerprint density at radius 2 is 2.29 bits per heavy atom. The maximum absolute atomic E-state index is 13.1. The largest absolute Gasteiger partial charge is 0.330 e. The number of rotatable bonds is 3. The van der Waals surface area contributed by atoms with Gasteiger partial charge in [0.2, 0.25) is 5.91 Å². The van der Waals surface area contributed by atoms with Crippen molar-refractivity contribution >= 4 is 23.2 Å². The molecule has 3 N–H and O–H groups in total. The Balaban J connectivity index is 2.75. The van der Waals surface area contributed by atoms with Gasteiger partial charge in [-0.2, -0.15) is 0 Å². The Hall–Kier alpha value is -1.13. The number of amides is 1. The first kappa shape index (κ1) is 10.9. The summed E-state index contributed by atoms with van der Waals surface area (Å²) in [7, 11) is 0. The summed E-state index contributed by atoms with van der Waals surface area (Å²) >= 11 is 5.63. The van der Waals surface area contributed by atoms with Gasteiger partial charge in [0, 0.05) is 18.0 Å². The zero-order valence-corrected chi connectivity index (χ0v) is 8.14. The molecule has 0 spiro atoms. The van der Waals surface area contributed by atoms with Crippen LogP contribution in [0.5, 0.6) is 0 Å². The summed E-state index contributed by atoms with van der Waals surface area (Å²) in [6.07, 6.45) is 0.159. The van der Waals surface area contributed by atoms with Gasteiger partial charge in [-0.25, -0.2) is 4.39 Å². The van der Waals surface area contributed by atoms with Crippen molar-refractivity contribution in [2.45, 2.75) is 6.42 Å². The number of hydrogen-bond donors (Lipinski definition) is 2. The topological polar surface area (TPSA) is 55.1 Å². The number of carbonyl (C=O) groups excluding carboxylic acids is 1. The van der Waals surface area contributed by atoms with Crippen LogP contribution in [0.15, 0.2) is 18.2 Å². The van der Waals surface area contributed by atoms with E-state index in [4.69, 9.17) is 17.3 Å². The van der Waals surface area contributed by atoms with E-state index in [1.54, 1.807) is 0 Å². The first-order valence-corrected chi connectivity index (χ1v) is 4.46. The normalized spacial score (nSPS) is 9.93. The molecule has 0 aliphatic heterocycles. The average Bonchev–Trinajstić information content (AvgIpc) is 2.12. The van der Waals surface area contributed by atoms with Crippen LogP contribution in [-0.2, 0) is 4.79 Å².